The van der Waals surface area contributed by atoms with Crippen LogP contribution in [0, 0.1) is 5.92 Å². The number of hydrogen-bond acceptors (Lipinski definition) is 0. The van der Waals surface area contributed by atoms with Gasteiger partial charge in [-0.3, -0.25) is 0 Å². The molecule has 0 heterocycles. The van der Waals surface area contributed by atoms with Gasteiger partial charge in [-0.15, -0.1) is 33.2 Å². The van der Waals surface area contributed by atoms with Crippen LogP contribution in [0.5, 0.6) is 0 Å². The summed E-state index contributed by atoms with van der Waals surface area (Å²) in [6, 6.07) is 33.3. The maximum absolute atomic E-state index is 3.36. The van der Waals surface area contributed by atoms with Gasteiger partial charge in [-0.25, -0.2) is 0 Å². The lowest BCUT2D eigenvalue weighted by atomic mass is 9.75. The molecule has 178 valence electrons. The standard InChI is InChI=1S/C31H41P.HI/c1-2-3-4-5-6-16-23-30(24-27-17-10-7-11-18-27)31(32,25-28-19-12-8-13-20-28)26-29-21-14-9-15-22-29;/h7-15,17-22,30H,2-6,16,23-26,32H2,1H3;1H. The topological polar surface area (TPSA) is 0 Å². The Balaban J connectivity index is 0.00000385. The SMILES string of the molecule is CCCCCCCCC(Cc1ccccc1)C(P)(Cc1ccccc1)Cc1ccccc1.I. The van der Waals surface area contributed by atoms with Crippen molar-refractivity contribution < 1.29 is 0 Å². The summed E-state index contributed by atoms with van der Waals surface area (Å²) < 4.78 is 0. The number of hydrogen-bond donors (Lipinski definition) is 0. The fraction of sp³-hybridized carbons (Fsp3) is 0.419. The normalized spacial score (nSPS) is 12.2. The summed E-state index contributed by atoms with van der Waals surface area (Å²) >= 11 is 0. The maximum atomic E-state index is 3.36. The van der Waals surface area contributed by atoms with E-state index in [1.165, 1.54) is 61.6 Å². The van der Waals surface area contributed by atoms with Gasteiger partial charge in [0.05, 0.1) is 0 Å². The Labute approximate surface area is 222 Å². The molecule has 0 fully saturated rings. The van der Waals surface area contributed by atoms with E-state index in [2.05, 4.69) is 107 Å². The molecule has 33 heavy (non-hydrogen) atoms. The molecule has 0 spiro atoms. The minimum absolute atomic E-state index is 0. The Hall–Kier alpha value is -1.18. The molecular weight excluding hydrogens is 530 g/mol. The van der Waals surface area contributed by atoms with E-state index in [9.17, 15) is 0 Å². The largest absolute Gasteiger partial charge is 0.130 e. The quantitative estimate of drug-likeness (QED) is 0.103. The predicted octanol–water partition coefficient (Wildman–Crippen LogP) is 9.31. The molecule has 2 atom stereocenters. The van der Waals surface area contributed by atoms with Crippen LogP contribution in [-0.2, 0) is 19.3 Å². The molecule has 0 radical (unpaired) electrons. The molecular formula is C31H42IP. The van der Waals surface area contributed by atoms with Gasteiger partial charge < -0.3 is 0 Å². The first kappa shape index (κ1) is 28.1. The third-order valence-electron chi connectivity index (χ3n) is 6.80. The zero-order valence-electron chi connectivity index (χ0n) is 20.3. The Morgan fingerprint density at radius 3 is 1.52 bits per heavy atom. The van der Waals surface area contributed by atoms with Crippen LogP contribution in [0.15, 0.2) is 91.0 Å². The van der Waals surface area contributed by atoms with Gasteiger partial charge in [0.15, 0.2) is 0 Å². The smallest absolute Gasteiger partial charge is 0.00385 e. The zero-order valence-corrected chi connectivity index (χ0v) is 23.8. The predicted molar refractivity (Wildman–Crippen MR) is 160 cm³/mol. The second kappa shape index (κ2) is 15.7. The van der Waals surface area contributed by atoms with Crippen LogP contribution in [-0.4, -0.2) is 5.16 Å². The summed E-state index contributed by atoms with van der Waals surface area (Å²) in [4.78, 5) is 0. The highest BCUT2D eigenvalue weighted by atomic mass is 127. The fourth-order valence-corrected chi connectivity index (χ4v) is 5.72. The summed E-state index contributed by atoms with van der Waals surface area (Å²) in [7, 11) is 3.36. The monoisotopic (exact) mass is 572 g/mol. The first-order valence-corrected chi connectivity index (χ1v) is 13.2. The van der Waals surface area contributed by atoms with E-state index in [1.54, 1.807) is 0 Å². The average molecular weight is 573 g/mol. The molecule has 0 saturated heterocycles. The molecule has 0 aliphatic rings. The lowest BCUT2D eigenvalue weighted by Gasteiger charge is -2.39. The van der Waals surface area contributed by atoms with Crippen LogP contribution in [0.2, 0.25) is 0 Å². The lowest BCUT2D eigenvalue weighted by molar-refractivity contribution is 0.331. The summed E-state index contributed by atoms with van der Waals surface area (Å²) in [5.41, 5.74) is 4.36. The molecule has 3 aromatic carbocycles. The third kappa shape index (κ3) is 9.91. The van der Waals surface area contributed by atoms with Gasteiger partial charge in [0.2, 0.25) is 0 Å². The van der Waals surface area contributed by atoms with E-state index in [4.69, 9.17) is 0 Å². The van der Waals surface area contributed by atoms with Crippen molar-refractivity contribution in [3.63, 3.8) is 0 Å². The molecule has 0 aliphatic heterocycles. The van der Waals surface area contributed by atoms with Gasteiger partial charge in [0.25, 0.3) is 0 Å². The van der Waals surface area contributed by atoms with Gasteiger partial charge in [0, 0.05) is 0 Å². The van der Waals surface area contributed by atoms with Crippen LogP contribution in [0.25, 0.3) is 0 Å². The van der Waals surface area contributed by atoms with Crippen molar-refractivity contribution in [1.82, 2.24) is 0 Å². The van der Waals surface area contributed by atoms with E-state index >= 15 is 0 Å². The molecule has 0 nitrogen and oxygen atoms in total. The molecule has 2 heteroatoms. The fourth-order valence-electron chi connectivity index (χ4n) is 4.97. The highest BCUT2D eigenvalue weighted by Gasteiger charge is 2.34. The molecule has 0 aliphatic carbocycles. The van der Waals surface area contributed by atoms with Gasteiger partial charge in [-0.2, -0.15) is 0 Å². The molecule has 3 rings (SSSR count). The lowest BCUT2D eigenvalue weighted by Crippen LogP contribution is -2.38. The zero-order chi connectivity index (χ0) is 22.5. The van der Waals surface area contributed by atoms with E-state index in [0.29, 0.717) is 5.92 Å². The van der Waals surface area contributed by atoms with Crippen molar-refractivity contribution in [3.8, 4) is 0 Å². The Bertz CT molecular complexity index is 822. The molecule has 0 bridgehead atoms. The number of unbranched alkanes of at least 4 members (excludes halogenated alkanes) is 5. The van der Waals surface area contributed by atoms with Gasteiger partial charge in [-0.05, 0) is 53.4 Å². The van der Waals surface area contributed by atoms with Crippen molar-refractivity contribution >= 4 is 33.2 Å². The minimum atomic E-state index is 0. The van der Waals surface area contributed by atoms with Crippen LogP contribution in [0.1, 0.15) is 68.6 Å². The van der Waals surface area contributed by atoms with Crippen molar-refractivity contribution in [2.75, 3.05) is 0 Å². The molecule has 0 amide bonds. The highest BCUT2D eigenvalue weighted by Crippen LogP contribution is 2.40. The van der Waals surface area contributed by atoms with Crippen LogP contribution in [0.4, 0.5) is 0 Å². The molecule has 0 aromatic heterocycles. The van der Waals surface area contributed by atoms with E-state index in [0.717, 1.165) is 19.3 Å². The second-order valence-electron chi connectivity index (χ2n) is 9.50. The number of halogens is 1. The van der Waals surface area contributed by atoms with E-state index < -0.39 is 0 Å². The minimum Gasteiger partial charge on any atom is -0.130 e. The van der Waals surface area contributed by atoms with Crippen LogP contribution >= 0.6 is 33.2 Å². The number of rotatable bonds is 14. The molecule has 0 N–H and O–H groups in total. The average Bonchev–Trinajstić information content (AvgIpc) is 2.82. The van der Waals surface area contributed by atoms with E-state index in [-0.39, 0.29) is 29.1 Å². The Morgan fingerprint density at radius 2 is 1.03 bits per heavy atom. The number of benzene rings is 3. The van der Waals surface area contributed by atoms with Gasteiger partial charge in [0.1, 0.15) is 0 Å². The third-order valence-corrected chi connectivity index (χ3v) is 7.68. The summed E-state index contributed by atoms with van der Waals surface area (Å²) in [6.07, 6.45) is 12.8. The molecule has 3 aromatic rings. The van der Waals surface area contributed by atoms with Crippen LogP contribution in [0.3, 0.4) is 0 Å². The van der Waals surface area contributed by atoms with E-state index in [1.807, 2.05) is 0 Å². The summed E-state index contributed by atoms with van der Waals surface area (Å²) in [6.45, 7) is 2.30. The van der Waals surface area contributed by atoms with Gasteiger partial charge in [-0.1, -0.05) is 136 Å². The summed E-state index contributed by atoms with van der Waals surface area (Å²) in [5.74, 6) is 0.626. The van der Waals surface area contributed by atoms with Crippen molar-refractivity contribution in [1.29, 1.82) is 0 Å². The van der Waals surface area contributed by atoms with Crippen molar-refractivity contribution in [2.45, 2.75) is 76.3 Å². The first-order valence-electron chi connectivity index (χ1n) is 12.6. The highest BCUT2D eigenvalue weighted by molar-refractivity contribution is 14.0. The Morgan fingerprint density at radius 1 is 0.606 bits per heavy atom. The van der Waals surface area contributed by atoms with Gasteiger partial charge >= 0.3 is 0 Å². The Kier molecular flexibility index (Phi) is 13.3. The first-order chi connectivity index (χ1) is 15.7. The summed E-state index contributed by atoms with van der Waals surface area (Å²) in [5, 5.41) is 0.141. The molecule has 0 saturated carbocycles. The van der Waals surface area contributed by atoms with Crippen molar-refractivity contribution in [2.24, 2.45) is 5.92 Å². The maximum Gasteiger partial charge on any atom is -0.00385 e. The van der Waals surface area contributed by atoms with Crippen LogP contribution < -0.4 is 0 Å². The molecule has 2 unspecified atom stereocenters. The van der Waals surface area contributed by atoms with Crippen molar-refractivity contribution in [3.05, 3.63) is 108 Å². The second-order valence-corrected chi connectivity index (χ2v) is 10.7.